The van der Waals surface area contributed by atoms with Crippen LogP contribution in [0.3, 0.4) is 0 Å². The van der Waals surface area contributed by atoms with Crippen molar-refractivity contribution in [1.29, 1.82) is 0 Å². The Morgan fingerprint density at radius 1 is 1.50 bits per heavy atom. The van der Waals surface area contributed by atoms with Crippen molar-refractivity contribution in [2.75, 3.05) is 30.0 Å². The van der Waals surface area contributed by atoms with E-state index in [1.54, 1.807) is 12.4 Å². The Balaban J connectivity index is 2.15. The molecule has 5 heteroatoms. The summed E-state index contributed by atoms with van der Waals surface area (Å²) < 4.78 is 5.40. The van der Waals surface area contributed by atoms with Gasteiger partial charge in [0, 0.05) is 24.3 Å². The Hall–Kier alpha value is -0.680. The summed E-state index contributed by atoms with van der Waals surface area (Å²) in [4.78, 5) is 10.7. The zero-order valence-corrected chi connectivity index (χ0v) is 9.35. The van der Waals surface area contributed by atoms with Gasteiger partial charge in [-0.3, -0.25) is 0 Å². The van der Waals surface area contributed by atoms with Crippen LogP contribution in [-0.2, 0) is 4.74 Å². The third-order valence-electron chi connectivity index (χ3n) is 2.21. The Bertz CT molecular complexity index is 283. The van der Waals surface area contributed by atoms with E-state index in [0.717, 1.165) is 31.0 Å². The third kappa shape index (κ3) is 2.04. The fourth-order valence-electron chi connectivity index (χ4n) is 1.49. The minimum atomic E-state index is 0.339. The maximum atomic E-state index is 5.40. The van der Waals surface area contributed by atoms with E-state index in [1.165, 1.54) is 0 Å². The molecule has 14 heavy (non-hydrogen) atoms. The molecule has 0 amide bonds. The van der Waals surface area contributed by atoms with Crippen molar-refractivity contribution in [3.05, 3.63) is 18.5 Å². The van der Waals surface area contributed by atoms with Crippen molar-refractivity contribution in [3.8, 4) is 0 Å². The van der Waals surface area contributed by atoms with E-state index in [0.29, 0.717) is 6.04 Å². The van der Waals surface area contributed by atoms with E-state index in [9.17, 15) is 0 Å². The lowest BCUT2D eigenvalue weighted by molar-refractivity contribution is 0.0995. The van der Waals surface area contributed by atoms with E-state index in [1.807, 2.05) is 6.07 Å². The van der Waals surface area contributed by atoms with Crippen molar-refractivity contribution in [2.24, 2.45) is 0 Å². The quantitative estimate of drug-likeness (QED) is 0.744. The van der Waals surface area contributed by atoms with Crippen molar-refractivity contribution in [1.82, 2.24) is 9.97 Å². The molecule has 1 aliphatic rings. The summed E-state index contributed by atoms with van der Waals surface area (Å²) in [6.07, 6.45) is 3.53. The molecule has 0 saturated carbocycles. The number of anilines is 1. The van der Waals surface area contributed by atoms with Crippen LogP contribution in [0, 0.1) is 0 Å². The van der Waals surface area contributed by atoms with Crippen molar-refractivity contribution in [2.45, 2.75) is 6.04 Å². The van der Waals surface area contributed by atoms with Crippen LogP contribution in [0.25, 0.3) is 0 Å². The van der Waals surface area contributed by atoms with E-state index in [-0.39, 0.29) is 0 Å². The Morgan fingerprint density at radius 2 is 2.29 bits per heavy atom. The summed E-state index contributed by atoms with van der Waals surface area (Å²) in [5.41, 5.74) is 0. The summed E-state index contributed by atoms with van der Waals surface area (Å²) >= 11 is 3.47. The van der Waals surface area contributed by atoms with Crippen LogP contribution < -0.4 is 4.90 Å². The molecule has 1 aromatic rings. The predicted molar refractivity (Wildman–Crippen MR) is 57.8 cm³/mol. The molecule has 1 aliphatic heterocycles. The summed E-state index contributed by atoms with van der Waals surface area (Å²) in [6, 6.07) is 2.17. The second-order valence-electron chi connectivity index (χ2n) is 3.13. The van der Waals surface area contributed by atoms with Gasteiger partial charge in [0.25, 0.3) is 0 Å². The number of aromatic nitrogens is 2. The van der Waals surface area contributed by atoms with E-state index in [4.69, 9.17) is 4.74 Å². The zero-order valence-electron chi connectivity index (χ0n) is 7.77. The zero-order chi connectivity index (χ0) is 9.80. The topological polar surface area (TPSA) is 38.2 Å². The Labute approximate surface area is 91.4 Å². The van der Waals surface area contributed by atoms with Gasteiger partial charge in [0.1, 0.15) is 0 Å². The number of morpholine rings is 1. The van der Waals surface area contributed by atoms with Crippen LogP contribution >= 0.6 is 15.9 Å². The molecular formula is C9H12BrN3O. The van der Waals surface area contributed by atoms with E-state index in [2.05, 4.69) is 30.8 Å². The number of hydrogen-bond donors (Lipinski definition) is 0. The highest BCUT2D eigenvalue weighted by Gasteiger charge is 2.23. The predicted octanol–water partition coefficient (Wildman–Crippen LogP) is 1.08. The van der Waals surface area contributed by atoms with Crippen LogP contribution in [-0.4, -0.2) is 41.1 Å². The molecule has 4 nitrogen and oxygen atoms in total. The fourth-order valence-corrected chi connectivity index (χ4v) is 2.02. The number of hydrogen-bond acceptors (Lipinski definition) is 4. The Kier molecular flexibility index (Phi) is 3.31. The molecule has 0 radical (unpaired) electrons. The average Bonchev–Trinajstić information content (AvgIpc) is 2.30. The van der Waals surface area contributed by atoms with Gasteiger partial charge >= 0.3 is 0 Å². The summed E-state index contributed by atoms with van der Waals surface area (Å²) in [5, 5.41) is 0.880. The molecule has 1 saturated heterocycles. The van der Waals surface area contributed by atoms with Crippen molar-refractivity contribution < 1.29 is 4.74 Å². The molecule has 0 aliphatic carbocycles. The normalized spacial score (nSPS) is 22.4. The molecule has 2 heterocycles. The monoisotopic (exact) mass is 257 g/mol. The SMILES string of the molecule is BrCC1COCCN1c1ncccn1. The Morgan fingerprint density at radius 3 is 3.00 bits per heavy atom. The lowest BCUT2D eigenvalue weighted by atomic mass is 10.3. The molecule has 1 unspecified atom stereocenters. The first-order chi connectivity index (χ1) is 6.92. The van der Waals surface area contributed by atoms with Crippen LogP contribution in [0.4, 0.5) is 5.95 Å². The van der Waals surface area contributed by atoms with E-state index >= 15 is 0 Å². The largest absolute Gasteiger partial charge is 0.377 e. The standard InChI is InChI=1S/C9H12BrN3O/c10-6-8-7-14-5-4-13(8)9-11-2-1-3-12-9/h1-3,8H,4-7H2. The van der Waals surface area contributed by atoms with Gasteiger partial charge in [-0.15, -0.1) is 0 Å². The van der Waals surface area contributed by atoms with E-state index < -0.39 is 0 Å². The van der Waals surface area contributed by atoms with Gasteiger partial charge in [-0.05, 0) is 6.07 Å². The van der Waals surface area contributed by atoms with Gasteiger partial charge < -0.3 is 9.64 Å². The highest BCUT2D eigenvalue weighted by atomic mass is 79.9. The van der Waals surface area contributed by atoms with Gasteiger partial charge in [0.05, 0.1) is 19.3 Å². The van der Waals surface area contributed by atoms with Crippen LogP contribution in [0.2, 0.25) is 0 Å². The first-order valence-electron chi connectivity index (χ1n) is 4.59. The first-order valence-corrected chi connectivity index (χ1v) is 5.71. The molecule has 0 N–H and O–H groups in total. The molecule has 0 aromatic carbocycles. The number of nitrogens with zero attached hydrogens (tertiary/aromatic N) is 3. The van der Waals surface area contributed by atoms with Gasteiger partial charge in [-0.1, -0.05) is 15.9 Å². The highest BCUT2D eigenvalue weighted by molar-refractivity contribution is 9.09. The van der Waals surface area contributed by atoms with Gasteiger partial charge in [-0.2, -0.15) is 0 Å². The van der Waals surface area contributed by atoms with Gasteiger partial charge in [0.2, 0.25) is 5.95 Å². The van der Waals surface area contributed by atoms with Gasteiger partial charge in [-0.25, -0.2) is 9.97 Å². The second kappa shape index (κ2) is 4.70. The molecule has 0 spiro atoms. The maximum absolute atomic E-state index is 5.40. The highest BCUT2D eigenvalue weighted by Crippen LogP contribution is 2.15. The molecule has 2 rings (SSSR count). The molecule has 1 aromatic heterocycles. The number of halogens is 1. The molecule has 0 bridgehead atoms. The lowest BCUT2D eigenvalue weighted by Crippen LogP contribution is -2.47. The maximum Gasteiger partial charge on any atom is 0.225 e. The number of rotatable bonds is 2. The molecule has 1 atom stereocenters. The van der Waals surface area contributed by atoms with Crippen LogP contribution in [0.5, 0.6) is 0 Å². The lowest BCUT2D eigenvalue weighted by Gasteiger charge is -2.34. The smallest absolute Gasteiger partial charge is 0.225 e. The molecule has 76 valence electrons. The third-order valence-corrected chi connectivity index (χ3v) is 2.96. The van der Waals surface area contributed by atoms with Crippen LogP contribution in [0.15, 0.2) is 18.5 Å². The number of alkyl halides is 1. The fraction of sp³-hybridized carbons (Fsp3) is 0.556. The summed E-state index contributed by atoms with van der Waals surface area (Å²) in [6.45, 7) is 2.35. The number of ether oxygens (including phenoxy) is 1. The van der Waals surface area contributed by atoms with Crippen LogP contribution in [0.1, 0.15) is 0 Å². The second-order valence-corrected chi connectivity index (χ2v) is 3.77. The van der Waals surface area contributed by atoms with Crippen molar-refractivity contribution >= 4 is 21.9 Å². The molecule has 1 fully saturated rings. The van der Waals surface area contributed by atoms with Crippen molar-refractivity contribution in [3.63, 3.8) is 0 Å². The first kappa shape index (κ1) is 9.86. The minimum Gasteiger partial charge on any atom is -0.377 e. The van der Waals surface area contributed by atoms with Gasteiger partial charge in [0.15, 0.2) is 0 Å². The average molecular weight is 258 g/mol. The summed E-state index contributed by atoms with van der Waals surface area (Å²) in [7, 11) is 0. The molecular weight excluding hydrogens is 246 g/mol. The summed E-state index contributed by atoms with van der Waals surface area (Å²) in [5.74, 6) is 0.792. The minimum absolute atomic E-state index is 0.339.